The van der Waals surface area contributed by atoms with Crippen molar-refractivity contribution in [2.75, 3.05) is 13.2 Å². The van der Waals surface area contributed by atoms with E-state index < -0.39 is 5.97 Å². The molecule has 1 aromatic carbocycles. The molecule has 0 unspecified atom stereocenters. The maximum absolute atomic E-state index is 12.6. The van der Waals surface area contributed by atoms with Gasteiger partial charge in [-0.25, -0.2) is 4.79 Å². The molecule has 0 bridgehead atoms. The first-order valence-electron chi connectivity index (χ1n) is 7.53. The number of aromatic nitrogens is 1. The fourth-order valence-corrected chi connectivity index (χ4v) is 2.94. The van der Waals surface area contributed by atoms with E-state index in [4.69, 9.17) is 4.74 Å². The highest BCUT2D eigenvalue weighted by atomic mass is 79.9. The first kappa shape index (κ1) is 17.7. The predicted molar refractivity (Wildman–Crippen MR) is 92.8 cm³/mol. The summed E-state index contributed by atoms with van der Waals surface area (Å²) in [6, 6.07) is 5.08. The minimum atomic E-state index is -0.645. The lowest BCUT2D eigenvalue weighted by Gasteiger charge is -2.25. The van der Waals surface area contributed by atoms with Crippen LogP contribution in [0.25, 0.3) is 10.9 Å². The van der Waals surface area contributed by atoms with E-state index in [-0.39, 0.29) is 36.2 Å². The molecule has 2 rings (SSSR count). The Bertz CT molecular complexity index is 782. The van der Waals surface area contributed by atoms with Crippen LogP contribution in [0.3, 0.4) is 0 Å². The Labute approximate surface area is 143 Å². The molecule has 1 N–H and O–H groups in total. The Morgan fingerprint density at radius 1 is 1.39 bits per heavy atom. The topological polar surface area (TPSA) is 68.5 Å². The fraction of sp³-hybridized carbons (Fsp3) is 0.412. The van der Waals surface area contributed by atoms with Crippen LogP contribution in [-0.2, 0) is 4.74 Å². The molecule has 1 heterocycles. The zero-order chi connectivity index (χ0) is 17.1. The van der Waals surface area contributed by atoms with Crippen LogP contribution in [0.1, 0.15) is 37.2 Å². The van der Waals surface area contributed by atoms with Gasteiger partial charge in [0.1, 0.15) is 5.56 Å². The Morgan fingerprint density at radius 3 is 2.65 bits per heavy atom. The van der Waals surface area contributed by atoms with Gasteiger partial charge >= 0.3 is 5.97 Å². The average molecular weight is 382 g/mol. The molecule has 0 amide bonds. The van der Waals surface area contributed by atoms with Crippen molar-refractivity contribution in [3.8, 4) is 0 Å². The molecule has 0 aliphatic carbocycles. The lowest BCUT2D eigenvalue weighted by atomic mass is 10.0. The van der Waals surface area contributed by atoms with Gasteiger partial charge < -0.3 is 14.4 Å². The van der Waals surface area contributed by atoms with Gasteiger partial charge in [0.15, 0.2) is 0 Å². The first-order valence-corrected chi connectivity index (χ1v) is 8.32. The van der Waals surface area contributed by atoms with Gasteiger partial charge in [-0.2, -0.15) is 0 Å². The number of halogens is 1. The van der Waals surface area contributed by atoms with Crippen LogP contribution < -0.4 is 5.43 Å². The number of rotatable bonds is 5. The van der Waals surface area contributed by atoms with Crippen LogP contribution in [0, 0.1) is 5.92 Å². The molecule has 1 atom stereocenters. The van der Waals surface area contributed by atoms with E-state index in [9.17, 15) is 14.7 Å². The van der Waals surface area contributed by atoms with E-state index in [1.807, 2.05) is 19.9 Å². The van der Waals surface area contributed by atoms with E-state index in [1.165, 1.54) is 6.20 Å². The summed E-state index contributed by atoms with van der Waals surface area (Å²) in [6.07, 6.45) is 1.50. The molecule has 2 aromatic rings. The van der Waals surface area contributed by atoms with Crippen LogP contribution in [0.4, 0.5) is 0 Å². The van der Waals surface area contributed by atoms with Gasteiger partial charge in [0, 0.05) is 16.1 Å². The number of pyridine rings is 1. The van der Waals surface area contributed by atoms with Gasteiger partial charge in [-0.1, -0.05) is 29.8 Å². The number of aliphatic hydroxyl groups is 1. The summed E-state index contributed by atoms with van der Waals surface area (Å²) < 4.78 is 7.53. The van der Waals surface area contributed by atoms with Gasteiger partial charge in [0.2, 0.25) is 5.43 Å². The van der Waals surface area contributed by atoms with Crippen molar-refractivity contribution < 1.29 is 14.6 Å². The molecule has 0 fully saturated rings. The summed E-state index contributed by atoms with van der Waals surface area (Å²) in [4.78, 5) is 24.7. The molecule has 0 saturated heterocycles. The second-order valence-corrected chi connectivity index (χ2v) is 6.57. The highest BCUT2D eigenvalue weighted by Gasteiger charge is 2.21. The van der Waals surface area contributed by atoms with Gasteiger partial charge in [0.05, 0.1) is 24.8 Å². The lowest BCUT2D eigenvalue weighted by molar-refractivity contribution is 0.0523. The van der Waals surface area contributed by atoms with Crippen molar-refractivity contribution in [1.29, 1.82) is 0 Å². The standard InChI is InChI=1S/C17H20BrNO4/c1-4-23-17(22)13-8-19(15(9-20)10(2)3)14-6-5-11(18)7-12(14)16(13)21/h5-8,10,15,20H,4,9H2,1-3H3/t15-/m1/s1. The number of ether oxygens (including phenoxy) is 1. The maximum atomic E-state index is 12.6. The van der Waals surface area contributed by atoms with Gasteiger partial charge in [-0.15, -0.1) is 0 Å². The molecule has 0 spiro atoms. The van der Waals surface area contributed by atoms with E-state index in [1.54, 1.807) is 23.6 Å². The molecule has 23 heavy (non-hydrogen) atoms. The Hall–Kier alpha value is -1.66. The monoisotopic (exact) mass is 381 g/mol. The smallest absolute Gasteiger partial charge is 0.343 e. The third-order valence-electron chi connectivity index (χ3n) is 3.80. The number of esters is 1. The Balaban J connectivity index is 2.82. The molecule has 0 saturated carbocycles. The average Bonchev–Trinajstić information content (AvgIpc) is 2.50. The Morgan fingerprint density at radius 2 is 2.09 bits per heavy atom. The summed E-state index contributed by atoms with van der Waals surface area (Å²) >= 11 is 3.35. The number of aliphatic hydroxyl groups excluding tert-OH is 1. The minimum Gasteiger partial charge on any atom is -0.462 e. The molecule has 5 nitrogen and oxygen atoms in total. The molecule has 0 aliphatic rings. The van der Waals surface area contributed by atoms with Crippen molar-refractivity contribution in [2.24, 2.45) is 5.92 Å². The molecule has 1 aromatic heterocycles. The van der Waals surface area contributed by atoms with Crippen molar-refractivity contribution >= 4 is 32.8 Å². The molecular weight excluding hydrogens is 362 g/mol. The predicted octanol–water partition coefficient (Wildman–Crippen LogP) is 3.13. The zero-order valence-corrected chi connectivity index (χ0v) is 15.0. The van der Waals surface area contributed by atoms with Crippen LogP contribution >= 0.6 is 15.9 Å². The summed E-state index contributed by atoms with van der Waals surface area (Å²) in [5.41, 5.74) is 0.298. The van der Waals surface area contributed by atoms with Gasteiger partial charge in [0.25, 0.3) is 0 Å². The number of benzene rings is 1. The maximum Gasteiger partial charge on any atom is 0.343 e. The largest absolute Gasteiger partial charge is 0.462 e. The van der Waals surface area contributed by atoms with Crippen molar-refractivity contribution in [3.05, 3.63) is 44.7 Å². The first-order chi connectivity index (χ1) is 10.9. The molecule has 6 heteroatoms. The highest BCUT2D eigenvalue weighted by Crippen LogP contribution is 2.25. The van der Waals surface area contributed by atoms with Crippen molar-refractivity contribution in [2.45, 2.75) is 26.8 Å². The van der Waals surface area contributed by atoms with E-state index >= 15 is 0 Å². The van der Waals surface area contributed by atoms with E-state index in [0.717, 1.165) is 4.47 Å². The fourth-order valence-electron chi connectivity index (χ4n) is 2.58. The number of carbonyl (C=O) groups excluding carboxylic acids is 1. The lowest BCUT2D eigenvalue weighted by Crippen LogP contribution is -2.26. The van der Waals surface area contributed by atoms with Gasteiger partial charge in [-0.05, 0) is 31.0 Å². The number of carbonyl (C=O) groups is 1. The molecule has 0 radical (unpaired) electrons. The van der Waals surface area contributed by atoms with Crippen molar-refractivity contribution in [1.82, 2.24) is 4.57 Å². The summed E-state index contributed by atoms with van der Waals surface area (Å²) in [7, 11) is 0. The van der Waals surface area contributed by atoms with Crippen LogP contribution in [0.15, 0.2) is 33.7 Å². The van der Waals surface area contributed by atoms with Gasteiger partial charge in [-0.3, -0.25) is 4.79 Å². The molecular formula is C17H20BrNO4. The summed E-state index contributed by atoms with van der Waals surface area (Å²) in [5, 5.41) is 10.2. The number of hydrogen-bond donors (Lipinski definition) is 1. The number of hydrogen-bond acceptors (Lipinski definition) is 4. The SMILES string of the molecule is CCOC(=O)c1cn([C@H](CO)C(C)C)c2ccc(Br)cc2c1=O. The van der Waals surface area contributed by atoms with E-state index in [0.29, 0.717) is 10.9 Å². The second-order valence-electron chi connectivity index (χ2n) is 5.66. The third kappa shape index (κ3) is 3.48. The minimum absolute atomic E-state index is 0.0171. The quantitative estimate of drug-likeness (QED) is 0.807. The number of fused-ring (bicyclic) bond motifs is 1. The normalized spacial score (nSPS) is 12.6. The third-order valence-corrected chi connectivity index (χ3v) is 4.30. The number of nitrogens with zero attached hydrogens (tertiary/aromatic N) is 1. The summed E-state index contributed by atoms with van der Waals surface area (Å²) in [6.45, 7) is 5.76. The van der Waals surface area contributed by atoms with Crippen LogP contribution in [0.2, 0.25) is 0 Å². The van der Waals surface area contributed by atoms with Crippen molar-refractivity contribution in [3.63, 3.8) is 0 Å². The van der Waals surface area contributed by atoms with Crippen LogP contribution in [0.5, 0.6) is 0 Å². The highest BCUT2D eigenvalue weighted by molar-refractivity contribution is 9.10. The summed E-state index contributed by atoms with van der Waals surface area (Å²) in [5.74, 6) is -0.516. The van der Waals surface area contributed by atoms with E-state index in [2.05, 4.69) is 15.9 Å². The zero-order valence-electron chi connectivity index (χ0n) is 13.4. The second kappa shape index (κ2) is 7.27. The molecule has 0 aliphatic heterocycles. The van der Waals surface area contributed by atoms with Crippen LogP contribution in [-0.4, -0.2) is 28.9 Å². The Kier molecular flexibility index (Phi) is 5.59. The molecule has 124 valence electrons.